The molecule has 0 saturated carbocycles. The quantitative estimate of drug-likeness (QED) is 0.435. The average Bonchev–Trinajstić information content (AvgIpc) is 2.34. The third-order valence-corrected chi connectivity index (χ3v) is 4.10. The zero-order chi connectivity index (χ0) is 14.4. The summed E-state index contributed by atoms with van der Waals surface area (Å²) in [6.07, 6.45) is -4.61. The Morgan fingerprint density at radius 1 is 1.21 bits per heavy atom. The first-order chi connectivity index (χ1) is 8.75. The number of rotatable bonds is 1. The molecule has 1 aromatic heterocycles. The van der Waals surface area contributed by atoms with Crippen molar-refractivity contribution < 1.29 is 13.2 Å². The Morgan fingerprint density at radius 3 is 2.37 bits per heavy atom. The van der Waals surface area contributed by atoms with E-state index in [1.807, 2.05) is 0 Å². The third kappa shape index (κ3) is 2.60. The Kier molecular flexibility index (Phi) is 3.83. The number of pyridine rings is 1. The standard InChI is InChI=1S/C10H5BrCl2F3N3/c11-4-1-3-5(19-17)2-6(10(14,15)16)18-9(3)8(13)7(4)12/h1-2H,17H2,(H,18,19). The molecular weight excluding hydrogens is 370 g/mol. The highest BCUT2D eigenvalue weighted by atomic mass is 79.9. The molecule has 0 aliphatic rings. The first kappa shape index (κ1) is 14.6. The van der Waals surface area contributed by atoms with Crippen molar-refractivity contribution in [3.8, 4) is 0 Å². The summed E-state index contributed by atoms with van der Waals surface area (Å²) < 4.78 is 38.6. The Morgan fingerprint density at radius 2 is 1.84 bits per heavy atom. The van der Waals surface area contributed by atoms with Crippen LogP contribution < -0.4 is 11.3 Å². The van der Waals surface area contributed by atoms with Crippen molar-refractivity contribution >= 4 is 55.7 Å². The second kappa shape index (κ2) is 4.97. The van der Waals surface area contributed by atoms with Crippen LogP contribution in [0.15, 0.2) is 16.6 Å². The molecule has 0 aliphatic carbocycles. The fourth-order valence-corrected chi connectivity index (χ4v) is 2.46. The van der Waals surface area contributed by atoms with E-state index in [1.165, 1.54) is 6.07 Å². The number of halogens is 6. The summed E-state index contributed by atoms with van der Waals surface area (Å²) in [6, 6.07) is 2.30. The summed E-state index contributed by atoms with van der Waals surface area (Å²) in [7, 11) is 0. The molecule has 102 valence electrons. The van der Waals surface area contributed by atoms with E-state index in [9.17, 15) is 13.2 Å². The van der Waals surface area contributed by atoms with E-state index in [2.05, 4.69) is 26.3 Å². The van der Waals surface area contributed by atoms with Crippen molar-refractivity contribution in [2.45, 2.75) is 6.18 Å². The van der Waals surface area contributed by atoms with Gasteiger partial charge in [0.2, 0.25) is 0 Å². The molecule has 0 amide bonds. The first-order valence-corrected chi connectivity index (χ1v) is 6.32. The van der Waals surface area contributed by atoms with Crippen LogP contribution in [0.4, 0.5) is 18.9 Å². The van der Waals surface area contributed by atoms with E-state index >= 15 is 0 Å². The average molecular weight is 375 g/mol. The maximum Gasteiger partial charge on any atom is 0.433 e. The molecule has 1 heterocycles. The van der Waals surface area contributed by atoms with E-state index in [0.717, 1.165) is 6.07 Å². The number of hydrogen-bond donors (Lipinski definition) is 2. The number of nitrogen functional groups attached to an aromatic ring is 1. The van der Waals surface area contributed by atoms with Crippen LogP contribution in [0.5, 0.6) is 0 Å². The highest BCUT2D eigenvalue weighted by Gasteiger charge is 2.34. The van der Waals surface area contributed by atoms with Gasteiger partial charge >= 0.3 is 6.18 Å². The van der Waals surface area contributed by atoms with E-state index < -0.39 is 11.9 Å². The number of hydrazine groups is 1. The Balaban J connectivity index is 2.90. The first-order valence-electron chi connectivity index (χ1n) is 4.77. The van der Waals surface area contributed by atoms with Crippen LogP contribution in [0, 0.1) is 0 Å². The second-order valence-electron chi connectivity index (χ2n) is 3.58. The van der Waals surface area contributed by atoms with Gasteiger partial charge in [-0.25, -0.2) is 4.98 Å². The predicted molar refractivity (Wildman–Crippen MR) is 72.3 cm³/mol. The number of alkyl halides is 3. The lowest BCUT2D eigenvalue weighted by molar-refractivity contribution is -0.140. The van der Waals surface area contributed by atoms with Crippen LogP contribution in [-0.4, -0.2) is 4.98 Å². The molecule has 0 fully saturated rings. The lowest BCUT2D eigenvalue weighted by Gasteiger charge is -2.13. The van der Waals surface area contributed by atoms with Gasteiger partial charge in [-0.05, 0) is 28.1 Å². The maximum absolute atomic E-state index is 12.7. The third-order valence-electron chi connectivity index (χ3n) is 2.39. The van der Waals surface area contributed by atoms with Crippen LogP contribution in [-0.2, 0) is 6.18 Å². The number of nitrogens with one attached hydrogen (secondary N) is 1. The van der Waals surface area contributed by atoms with E-state index in [0.29, 0.717) is 9.86 Å². The molecule has 0 radical (unpaired) electrons. The lowest BCUT2D eigenvalue weighted by atomic mass is 10.1. The number of nitrogens with two attached hydrogens (primary N) is 1. The van der Waals surface area contributed by atoms with Gasteiger partial charge in [-0.15, -0.1) is 0 Å². The maximum atomic E-state index is 12.7. The molecule has 0 atom stereocenters. The van der Waals surface area contributed by atoms with Gasteiger partial charge in [0.15, 0.2) is 0 Å². The van der Waals surface area contributed by atoms with Gasteiger partial charge in [0.05, 0.1) is 21.2 Å². The monoisotopic (exact) mass is 373 g/mol. The summed E-state index contributed by atoms with van der Waals surface area (Å²) in [5, 5.41) is 0.342. The summed E-state index contributed by atoms with van der Waals surface area (Å²) in [4.78, 5) is 3.50. The largest absolute Gasteiger partial charge is 0.433 e. The Hall–Kier alpha value is -0.760. The minimum Gasteiger partial charge on any atom is -0.323 e. The smallest absolute Gasteiger partial charge is 0.323 e. The van der Waals surface area contributed by atoms with Gasteiger partial charge in [-0.3, -0.25) is 5.84 Å². The van der Waals surface area contributed by atoms with Crippen molar-refractivity contribution in [2.24, 2.45) is 5.84 Å². The normalized spacial score (nSPS) is 11.9. The van der Waals surface area contributed by atoms with Crippen molar-refractivity contribution in [3.63, 3.8) is 0 Å². The van der Waals surface area contributed by atoms with Crippen LogP contribution >= 0.6 is 39.1 Å². The number of fused-ring (bicyclic) bond motifs is 1. The van der Waals surface area contributed by atoms with Gasteiger partial charge in [0, 0.05) is 9.86 Å². The van der Waals surface area contributed by atoms with Crippen molar-refractivity contribution in [2.75, 3.05) is 5.43 Å². The predicted octanol–water partition coefficient (Wildman–Crippen LogP) is 4.61. The fourth-order valence-electron chi connectivity index (χ4n) is 1.53. The molecule has 1 aromatic carbocycles. The molecule has 2 rings (SSSR count). The summed E-state index contributed by atoms with van der Waals surface area (Å²) in [5.41, 5.74) is 1.07. The van der Waals surface area contributed by atoms with E-state index in [1.54, 1.807) is 0 Å². The van der Waals surface area contributed by atoms with E-state index in [4.69, 9.17) is 29.0 Å². The fraction of sp³-hybridized carbons (Fsp3) is 0.100. The van der Waals surface area contributed by atoms with Crippen LogP contribution in [0.3, 0.4) is 0 Å². The molecule has 0 bridgehead atoms. The highest BCUT2D eigenvalue weighted by molar-refractivity contribution is 9.10. The number of benzene rings is 1. The molecule has 0 saturated heterocycles. The second-order valence-corrected chi connectivity index (χ2v) is 5.19. The lowest BCUT2D eigenvalue weighted by Crippen LogP contribution is -2.13. The molecule has 3 N–H and O–H groups in total. The van der Waals surface area contributed by atoms with Gasteiger partial charge in [-0.2, -0.15) is 13.2 Å². The minimum absolute atomic E-state index is 0.0524. The molecule has 0 unspecified atom stereocenters. The number of nitrogens with zero attached hydrogens (tertiary/aromatic N) is 1. The molecule has 0 spiro atoms. The van der Waals surface area contributed by atoms with Crippen LogP contribution in [0.2, 0.25) is 10.0 Å². The number of hydrogen-bond acceptors (Lipinski definition) is 3. The molecule has 9 heteroatoms. The molecule has 3 nitrogen and oxygen atoms in total. The molecule has 19 heavy (non-hydrogen) atoms. The zero-order valence-corrected chi connectivity index (χ0v) is 12.0. The van der Waals surface area contributed by atoms with Crippen molar-refractivity contribution in [1.82, 2.24) is 4.98 Å². The Labute approximate surface area is 124 Å². The summed E-state index contributed by atoms with van der Waals surface area (Å²) >= 11 is 14.9. The topological polar surface area (TPSA) is 50.9 Å². The van der Waals surface area contributed by atoms with Crippen LogP contribution in [0.25, 0.3) is 10.9 Å². The molecule has 0 aliphatic heterocycles. The molecular formula is C10H5BrCl2F3N3. The summed E-state index contributed by atoms with van der Waals surface area (Å²) in [5.74, 6) is 5.23. The zero-order valence-electron chi connectivity index (χ0n) is 8.95. The minimum atomic E-state index is -4.61. The van der Waals surface area contributed by atoms with Gasteiger partial charge in [0.1, 0.15) is 5.69 Å². The summed E-state index contributed by atoms with van der Waals surface area (Å²) in [6.45, 7) is 0. The number of anilines is 1. The van der Waals surface area contributed by atoms with Gasteiger partial charge in [0.25, 0.3) is 0 Å². The SMILES string of the molecule is NNc1cc(C(F)(F)F)nc2c(Cl)c(Cl)c(Br)cc12. The van der Waals surface area contributed by atoms with Gasteiger partial charge < -0.3 is 5.43 Å². The Bertz CT molecular complexity index is 661. The van der Waals surface area contributed by atoms with Crippen molar-refractivity contribution in [1.29, 1.82) is 0 Å². The van der Waals surface area contributed by atoms with Gasteiger partial charge in [-0.1, -0.05) is 23.2 Å². The van der Waals surface area contributed by atoms with E-state index in [-0.39, 0.29) is 21.2 Å². The highest BCUT2D eigenvalue weighted by Crippen LogP contribution is 2.40. The van der Waals surface area contributed by atoms with Crippen molar-refractivity contribution in [3.05, 3.63) is 32.3 Å². The number of aromatic nitrogens is 1. The molecule has 2 aromatic rings. The van der Waals surface area contributed by atoms with Crippen LogP contribution in [0.1, 0.15) is 5.69 Å².